The van der Waals surface area contributed by atoms with Gasteiger partial charge in [0.1, 0.15) is 0 Å². The van der Waals surface area contributed by atoms with Crippen LogP contribution in [0.4, 0.5) is 5.69 Å². The highest BCUT2D eigenvalue weighted by molar-refractivity contribution is 6.52. The van der Waals surface area contributed by atoms with Crippen LogP contribution in [-0.4, -0.2) is 11.7 Å². The summed E-state index contributed by atoms with van der Waals surface area (Å²) in [6.45, 7) is 4.11. The van der Waals surface area contributed by atoms with Crippen LogP contribution in [0.3, 0.4) is 0 Å². The lowest BCUT2D eigenvalue weighted by atomic mass is 10.0. The molecule has 4 heteroatoms. The van der Waals surface area contributed by atoms with Crippen LogP contribution in [0.5, 0.6) is 0 Å². The molecule has 2 aromatic carbocycles. The Balaban J connectivity index is 2.08. The molecule has 1 aliphatic heterocycles. The Morgan fingerprint density at radius 3 is 2.48 bits per heavy atom. The van der Waals surface area contributed by atoms with Crippen molar-refractivity contribution in [2.45, 2.75) is 20.4 Å². The molecule has 0 spiro atoms. The van der Waals surface area contributed by atoms with E-state index in [1.807, 2.05) is 44.2 Å². The van der Waals surface area contributed by atoms with E-state index in [9.17, 15) is 9.59 Å². The molecule has 0 aromatic heterocycles. The van der Waals surface area contributed by atoms with Gasteiger partial charge in [-0.15, -0.1) is 0 Å². The summed E-state index contributed by atoms with van der Waals surface area (Å²) in [5, 5.41) is 0.617. The van der Waals surface area contributed by atoms with E-state index in [-0.39, 0.29) is 0 Å². The van der Waals surface area contributed by atoms with Crippen LogP contribution < -0.4 is 4.90 Å². The highest BCUT2D eigenvalue weighted by atomic mass is 35.5. The van der Waals surface area contributed by atoms with Gasteiger partial charge in [-0.2, -0.15) is 0 Å². The minimum atomic E-state index is -0.470. The SMILES string of the molecule is Cc1ccc(C)c2c1C(=O)C(=O)N2Cc1cccc(Cl)c1. The molecule has 0 N–H and O–H groups in total. The molecule has 1 heterocycles. The first kappa shape index (κ1) is 13.8. The van der Waals surface area contributed by atoms with Crippen LogP contribution in [0.1, 0.15) is 27.0 Å². The topological polar surface area (TPSA) is 37.4 Å². The molecule has 0 radical (unpaired) electrons. The van der Waals surface area contributed by atoms with Crippen LogP contribution in [0.15, 0.2) is 36.4 Å². The Labute approximate surface area is 128 Å². The fraction of sp³-hybridized carbons (Fsp3) is 0.176. The maximum Gasteiger partial charge on any atom is 0.299 e. The van der Waals surface area contributed by atoms with E-state index in [1.165, 1.54) is 0 Å². The van der Waals surface area contributed by atoms with Crippen molar-refractivity contribution in [3.8, 4) is 0 Å². The first-order valence-electron chi connectivity index (χ1n) is 6.70. The van der Waals surface area contributed by atoms with Gasteiger partial charge in [-0.1, -0.05) is 35.9 Å². The van der Waals surface area contributed by atoms with Gasteiger partial charge in [-0.25, -0.2) is 0 Å². The second-order valence-corrected chi connectivity index (χ2v) is 5.71. The number of nitrogens with zero attached hydrogens (tertiary/aromatic N) is 1. The van der Waals surface area contributed by atoms with Gasteiger partial charge in [0.2, 0.25) is 0 Å². The van der Waals surface area contributed by atoms with Crippen molar-refractivity contribution in [1.82, 2.24) is 0 Å². The minimum absolute atomic E-state index is 0.350. The van der Waals surface area contributed by atoms with Gasteiger partial charge >= 0.3 is 0 Å². The number of aryl methyl sites for hydroxylation is 2. The summed E-state index contributed by atoms with van der Waals surface area (Å²) >= 11 is 5.98. The summed E-state index contributed by atoms with van der Waals surface area (Å²) in [7, 11) is 0. The van der Waals surface area contributed by atoms with E-state index in [0.29, 0.717) is 17.1 Å². The number of carbonyl (C=O) groups is 2. The third-order valence-electron chi connectivity index (χ3n) is 3.75. The van der Waals surface area contributed by atoms with Crippen molar-refractivity contribution in [2.75, 3.05) is 4.90 Å². The second kappa shape index (κ2) is 5.01. The molecule has 0 atom stereocenters. The first-order chi connectivity index (χ1) is 9.99. The summed E-state index contributed by atoms with van der Waals surface area (Å²) in [6, 6.07) is 11.1. The smallest absolute Gasteiger partial charge is 0.299 e. The normalized spacial score (nSPS) is 13.8. The number of fused-ring (bicyclic) bond motifs is 1. The molecular formula is C17H14ClNO2. The van der Waals surface area contributed by atoms with E-state index < -0.39 is 11.7 Å². The lowest BCUT2D eigenvalue weighted by Gasteiger charge is -2.19. The highest BCUT2D eigenvalue weighted by Crippen LogP contribution is 2.35. The second-order valence-electron chi connectivity index (χ2n) is 5.27. The number of ketones is 1. The molecule has 2 aromatic rings. The molecule has 106 valence electrons. The quantitative estimate of drug-likeness (QED) is 0.793. The summed E-state index contributed by atoms with van der Waals surface area (Å²) in [4.78, 5) is 26.1. The number of Topliss-reactive ketones (excluding diaryl/α,β-unsaturated/α-hetero) is 1. The summed E-state index contributed by atoms with van der Waals surface area (Å²) < 4.78 is 0. The van der Waals surface area contributed by atoms with Crippen LogP contribution in [0, 0.1) is 13.8 Å². The summed E-state index contributed by atoms with van der Waals surface area (Å²) in [5.74, 6) is -0.893. The number of hydrogen-bond acceptors (Lipinski definition) is 2. The van der Waals surface area contributed by atoms with Gasteiger partial charge in [-0.05, 0) is 42.7 Å². The summed E-state index contributed by atoms with van der Waals surface area (Å²) in [5.41, 5.74) is 3.92. The van der Waals surface area contributed by atoms with Crippen molar-refractivity contribution in [3.05, 3.63) is 63.7 Å². The molecule has 0 aliphatic carbocycles. The Morgan fingerprint density at radius 1 is 1.05 bits per heavy atom. The largest absolute Gasteiger partial charge is 0.300 e. The molecule has 3 nitrogen and oxygen atoms in total. The number of halogens is 1. The number of hydrogen-bond donors (Lipinski definition) is 0. The number of benzene rings is 2. The van der Waals surface area contributed by atoms with Gasteiger partial charge in [0.25, 0.3) is 11.7 Å². The van der Waals surface area contributed by atoms with Gasteiger partial charge < -0.3 is 4.90 Å². The van der Waals surface area contributed by atoms with E-state index in [2.05, 4.69) is 0 Å². The van der Waals surface area contributed by atoms with Crippen molar-refractivity contribution in [2.24, 2.45) is 0 Å². The number of carbonyl (C=O) groups excluding carboxylic acids is 2. The Kier molecular flexibility index (Phi) is 3.30. The number of amides is 1. The Morgan fingerprint density at radius 2 is 1.76 bits per heavy atom. The van der Waals surface area contributed by atoms with Crippen molar-refractivity contribution in [1.29, 1.82) is 0 Å². The standard InChI is InChI=1S/C17H14ClNO2/c1-10-6-7-11(2)15-14(10)16(20)17(21)19(15)9-12-4-3-5-13(18)8-12/h3-8H,9H2,1-2H3. The van der Waals surface area contributed by atoms with Crippen LogP contribution in [-0.2, 0) is 11.3 Å². The molecule has 3 rings (SSSR count). The Bertz CT molecular complexity index is 767. The zero-order chi connectivity index (χ0) is 15.1. The van der Waals surface area contributed by atoms with E-state index >= 15 is 0 Å². The molecule has 1 amide bonds. The lowest BCUT2D eigenvalue weighted by Crippen LogP contribution is -2.29. The molecule has 21 heavy (non-hydrogen) atoms. The maximum atomic E-state index is 12.3. The number of anilines is 1. The average molecular weight is 300 g/mol. The molecule has 0 saturated carbocycles. The van der Waals surface area contributed by atoms with Crippen molar-refractivity contribution in [3.63, 3.8) is 0 Å². The van der Waals surface area contributed by atoms with Crippen LogP contribution in [0.25, 0.3) is 0 Å². The van der Waals surface area contributed by atoms with Crippen molar-refractivity contribution >= 4 is 29.0 Å². The average Bonchev–Trinajstić information content (AvgIpc) is 2.69. The molecule has 1 aliphatic rings. The zero-order valence-corrected chi connectivity index (χ0v) is 12.6. The van der Waals surface area contributed by atoms with E-state index in [4.69, 9.17) is 11.6 Å². The fourth-order valence-electron chi connectivity index (χ4n) is 2.73. The van der Waals surface area contributed by atoms with Gasteiger partial charge in [0.15, 0.2) is 0 Å². The van der Waals surface area contributed by atoms with Gasteiger partial charge in [0.05, 0.1) is 17.8 Å². The molecular weight excluding hydrogens is 286 g/mol. The molecule has 0 fully saturated rings. The Hall–Kier alpha value is -2.13. The van der Waals surface area contributed by atoms with Crippen LogP contribution in [0.2, 0.25) is 5.02 Å². The van der Waals surface area contributed by atoms with Gasteiger partial charge in [-0.3, -0.25) is 9.59 Å². The monoisotopic (exact) mass is 299 g/mol. The van der Waals surface area contributed by atoms with E-state index in [1.54, 1.807) is 11.0 Å². The molecule has 0 bridgehead atoms. The maximum absolute atomic E-state index is 12.3. The zero-order valence-electron chi connectivity index (χ0n) is 11.8. The molecule has 0 saturated heterocycles. The third kappa shape index (κ3) is 2.24. The number of rotatable bonds is 2. The lowest BCUT2D eigenvalue weighted by molar-refractivity contribution is -0.114. The predicted octanol–water partition coefficient (Wildman–Crippen LogP) is 3.69. The minimum Gasteiger partial charge on any atom is -0.300 e. The first-order valence-corrected chi connectivity index (χ1v) is 7.07. The van der Waals surface area contributed by atoms with Crippen LogP contribution >= 0.6 is 11.6 Å². The van der Waals surface area contributed by atoms with Crippen molar-refractivity contribution < 1.29 is 9.59 Å². The third-order valence-corrected chi connectivity index (χ3v) is 3.99. The van der Waals surface area contributed by atoms with Gasteiger partial charge in [0, 0.05) is 5.02 Å². The fourth-order valence-corrected chi connectivity index (χ4v) is 2.94. The summed E-state index contributed by atoms with van der Waals surface area (Å²) in [6.07, 6.45) is 0. The predicted molar refractivity (Wildman–Crippen MR) is 82.9 cm³/mol. The highest BCUT2D eigenvalue weighted by Gasteiger charge is 2.37. The molecule has 0 unspecified atom stereocenters. The van der Waals surface area contributed by atoms with E-state index in [0.717, 1.165) is 22.4 Å².